The van der Waals surface area contributed by atoms with E-state index < -0.39 is 5.60 Å². The van der Waals surface area contributed by atoms with Crippen molar-refractivity contribution in [2.45, 2.75) is 71.3 Å². The monoisotopic (exact) mass is 347 g/mol. The fourth-order valence-electron chi connectivity index (χ4n) is 2.59. The molecule has 3 N–H and O–H groups in total. The Morgan fingerprint density at radius 3 is 2.68 bits per heavy atom. The number of nitrogens with two attached hydrogens (primary N) is 1. The van der Waals surface area contributed by atoms with Gasteiger partial charge in [-0.05, 0) is 53.4 Å². The summed E-state index contributed by atoms with van der Waals surface area (Å²) in [6.45, 7) is 11.2. The molecule has 3 rings (SSSR count). The summed E-state index contributed by atoms with van der Waals surface area (Å²) in [5, 5.41) is 8.52. The molecule has 2 unspecified atom stereocenters. The molecule has 138 valence electrons. The van der Waals surface area contributed by atoms with Crippen LogP contribution in [0.2, 0.25) is 0 Å². The summed E-state index contributed by atoms with van der Waals surface area (Å²) >= 11 is 0. The fourth-order valence-corrected chi connectivity index (χ4v) is 2.59. The number of ether oxygens (including phenoxy) is 1. The van der Waals surface area contributed by atoms with Crippen LogP contribution in [0.1, 0.15) is 59.6 Å². The molecule has 1 fully saturated rings. The molecule has 2 atom stereocenters. The number of fused-ring (bicyclic) bond motifs is 1. The van der Waals surface area contributed by atoms with Crippen molar-refractivity contribution in [2.75, 3.05) is 5.73 Å². The molecule has 7 heteroatoms. The zero-order valence-electron chi connectivity index (χ0n) is 15.6. The summed E-state index contributed by atoms with van der Waals surface area (Å²) in [5.41, 5.74) is 7.88. The minimum Gasteiger partial charge on any atom is -0.391 e. The lowest BCUT2D eigenvalue weighted by molar-refractivity contribution is 0.000900. The lowest BCUT2D eigenvalue weighted by Gasteiger charge is -2.15. The van der Waals surface area contributed by atoms with Gasteiger partial charge >= 0.3 is 0 Å². The zero-order chi connectivity index (χ0) is 18.6. The predicted molar refractivity (Wildman–Crippen MR) is 98.9 cm³/mol. The highest BCUT2D eigenvalue weighted by molar-refractivity contribution is 5.81. The van der Waals surface area contributed by atoms with Gasteiger partial charge in [0.2, 0.25) is 0 Å². The summed E-state index contributed by atoms with van der Waals surface area (Å²) in [4.78, 5) is 12.5. The van der Waals surface area contributed by atoms with Crippen LogP contribution in [0, 0.1) is 0 Å². The highest BCUT2D eigenvalue weighted by Crippen LogP contribution is 2.33. The van der Waals surface area contributed by atoms with Gasteiger partial charge in [0.1, 0.15) is 18.1 Å². The van der Waals surface area contributed by atoms with E-state index in [1.54, 1.807) is 27.1 Å². The number of anilines is 1. The van der Waals surface area contributed by atoms with Gasteiger partial charge in [0, 0.05) is 0 Å². The largest absolute Gasteiger partial charge is 0.391 e. The number of hydrogen-bond acceptors (Lipinski definition) is 6. The molecule has 1 aliphatic heterocycles. The van der Waals surface area contributed by atoms with Crippen molar-refractivity contribution in [1.29, 1.82) is 0 Å². The van der Waals surface area contributed by atoms with Gasteiger partial charge < -0.3 is 15.6 Å². The van der Waals surface area contributed by atoms with E-state index in [2.05, 4.69) is 28.5 Å². The van der Waals surface area contributed by atoms with Crippen molar-refractivity contribution in [2.24, 2.45) is 0 Å². The Hall–Kier alpha value is -1.99. The molecule has 25 heavy (non-hydrogen) atoms. The first-order valence-electron chi connectivity index (χ1n) is 8.60. The molecule has 0 spiro atoms. The SMILES string of the molecule is C=C(C)CCC1CCC(n2cnc3c(N)ncnc32)O1.CC(C)(C)O. The third-order valence-electron chi connectivity index (χ3n) is 3.68. The van der Waals surface area contributed by atoms with E-state index in [-0.39, 0.29) is 12.3 Å². The number of hydrogen-bond donors (Lipinski definition) is 2. The van der Waals surface area contributed by atoms with Crippen LogP contribution in [-0.2, 0) is 4.74 Å². The number of nitrogen functional groups attached to an aromatic ring is 1. The van der Waals surface area contributed by atoms with E-state index >= 15 is 0 Å². The molecule has 0 bridgehead atoms. The molecule has 0 aliphatic carbocycles. The normalized spacial score (nSPS) is 20.4. The number of aromatic nitrogens is 4. The molecule has 0 aromatic carbocycles. The average Bonchev–Trinajstić information content (AvgIpc) is 3.10. The van der Waals surface area contributed by atoms with Gasteiger partial charge in [-0.25, -0.2) is 15.0 Å². The maximum absolute atomic E-state index is 8.52. The van der Waals surface area contributed by atoms with Gasteiger partial charge in [0.25, 0.3) is 0 Å². The Morgan fingerprint density at radius 1 is 1.36 bits per heavy atom. The van der Waals surface area contributed by atoms with Gasteiger partial charge in [-0.1, -0.05) is 5.57 Å². The van der Waals surface area contributed by atoms with Crippen LogP contribution in [0.3, 0.4) is 0 Å². The highest BCUT2D eigenvalue weighted by atomic mass is 16.5. The summed E-state index contributed by atoms with van der Waals surface area (Å²) < 4.78 is 8.04. The Labute approximate surface area is 148 Å². The number of aliphatic hydroxyl groups is 1. The molecule has 2 aromatic heterocycles. The molecular weight excluding hydrogens is 318 g/mol. The summed E-state index contributed by atoms with van der Waals surface area (Å²) in [7, 11) is 0. The van der Waals surface area contributed by atoms with Crippen LogP contribution in [-0.4, -0.2) is 36.3 Å². The van der Waals surface area contributed by atoms with E-state index in [1.165, 1.54) is 11.9 Å². The van der Waals surface area contributed by atoms with Gasteiger partial charge in [-0.15, -0.1) is 6.58 Å². The van der Waals surface area contributed by atoms with Gasteiger partial charge in [-0.2, -0.15) is 0 Å². The van der Waals surface area contributed by atoms with Crippen molar-refractivity contribution in [3.05, 3.63) is 24.8 Å². The minimum absolute atomic E-state index is 0.00979. The van der Waals surface area contributed by atoms with Crippen LogP contribution in [0.5, 0.6) is 0 Å². The molecule has 3 heterocycles. The molecule has 0 radical (unpaired) electrons. The molecule has 2 aromatic rings. The Kier molecular flexibility index (Phi) is 6.13. The Balaban J connectivity index is 0.000000399. The second-order valence-electron chi connectivity index (χ2n) is 7.54. The van der Waals surface area contributed by atoms with E-state index in [1.807, 2.05) is 4.57 Å². The quantitative estimate of drug-likeness (QED) is 0.824. The Bertz CT molecular complexity index is 714. The number of nitrogens with zero attached hydrogens (tertiary/aromatic N) is 4. The van der Waals surface area contributed by atoms with Crippen molar-refractivity contribution >= 4 is 17.0 Å². The molecule has 7 nitrogen and oxygen atoms in total. The summed E-state index contributed by atoms with van der Waals surface area (Å²) in [5.74, 6) is 0.408. The summed E-state index contributed by atoms with van der Waals surface area (Å²) in [6.07, 6.45) is 7.53. The van der Waals surface area contributed by atoms with Gasteiger partial charge in [0.15, 0.2) is 11.5 Å². The lowest BCUT2D eigenvalue weighted by Crippen LogP contribution is -2.11. The summed E-state index contributed by atoms with van der Waals surface area (Å²) in [6, 6.07) is 0. The van der Waals surface area contributed by atoms with E-state index in [4.69, 9.17) is 15.6 Å². The maximum atomic E-state index is 8.52. The molecule has 1 saturated heterocycles. The van der Waals surface area contributed by atoms with Gasteiger partial charge in [0.05, 0.1) is 18.0 Å². The first kappa shape index (κ1) is 19.3. The smallest absolute Gasteiger partial charge is 0.167 e. The van der Waals surface area contributed by atoms with E-state index in [0.29, 0.717) is 11.3 Å². The standard InChI is InChI=1S/C14H19N5O.C4H10O/c1-9(2)3-4-10-5-6-11(20-10)19-8-18-12-13(15)16-7-17-14(12)19;1-4(2,3)5/h7-8,10-11H,1,3-6H2,2H3,(H2,15,16,17);5H,1-3H3. The zero-order valence-corrected chi connectivity index (χ0v) is 15.6. The van der Waals surface area contributed by atoms with Crippen LogP contribution in [0.25, 0.3) is 11.2 Å². The number of imidazole rings is 1. The lowest BCUT2D eigenvalue weighted by atomic mass is 10.1. The number of rotatable bonds is 4. The van der Waals surface area contributed by atoms with Crippen LogP contribution in [0.4, 0.5) is 5.82 Å². The second-order valence-corrected chi connectivity index (χ2v) is 7.54. The van der Waals surface area contributed by atoms with E-state index in [0.717, 1.165) is 31.3 Å². The maximum Gasteiger partial charge on any atom is 0.167 e. The third kappa shape index (κ3) is 5.79. The highest BCUT2D eigenvalue weighted by Gasteiger charge is 2.27. The minimum atomic E-state index is -0.500. The fraction of sp³-hybridized carbons (Fsp3) is 0.611. The van der Waals surface area contributed by atoms with Crippen molar-refractivity contribution in [1.82, 2.24) is 19.5 Å². The first-order chi connectivity index (χ1) is 11.6. The number of allylic oxidation sites excluding steroid dienone is 1. The van der Waals surface area contributed by atoms with E-state index in [9.17, 15) is 0 Å². The second kappa shape index (κ2) is 7.93. The first-order valence-corrected chi connectivity index (χ1v) is 8.60. The van der Waals surface area contributed by atoms with Crippen molar-refractivity contribution in [3.8, 4) is 0 Å². The molecule has 0 saturated carbocycles. The van der Waals surface area contributed by atoms with Crippen LogP contribution >= 0.6 is 0 Å². The van der Waals surface area contributed by atoms with Gasteiger partial charge in [-0.3, -0.25) is 4.57 Å². The molecule has 0 amide bonds. The molecule has 1 aliphatic rings. The average molecular weight is 347 g/mol. The van der Waals surface area contributed by atoms with Crippen molar-refractivity contribution < 1.29 is 9.84 Å². The van der Waals surface area contributed by atoms with Crippen molar-refractivity contribution in [3.63, 3.8) is 0 Å². The third-order valence-corrected chi connectivity index (χ3v) is 3.68. The topological polar surface area (TPSA) is 99.1 Å². The predicted octanol–water partition coefficient (Wildman–Crippen LogP) is 3.22. The molecular formula is C18H29N5O2. The Morgan fingerprint density at radius 2 is 2.04 bits per heavy atom. The van der Waals surface area contributed by atoms with Crippen LogP contribution < -0.4 is 5.73 Å². The van der Waals surface area contributed by atoms with Crippen LogP contribution in [0.15, 0.2) is 24.8 Å².